The van der Waals surface area contributed by atoms with Crippen LogP contribution in [0.5, 0.6) is 0 Å². The minimum atomic E-state index is -1.19. The standard InChI is InChI=1S/C19H32O4/c1-2-3-4-5-6-7-8-9-10-11-12-13-14-15-17(19(22)23)16-18(20)21/h2,16H,1,3-15H2,(H,20,21)(H,22,23)/b17-16-. The number of carboxylic acid groups (broad SMARTS) is 2. The van der Waals surface area contributed by atoms with Gasteiger partial charge in [-0.15, -0.1) is 6.58 Å². The van der Waals surface area contributed by atoms with Crippen molar-refractivity contribution in [2.24, 2.45) is 0 Å². The Morgan fingerprint density at radius 1 is 0.739 bits per heavy atom. The molecule has 132 valence electrons. The third kappa shape index (κ3) is 15.1. The zero-order valence-corrected chi connectivity index (χ0v) is 14.3. The van der Waals surface area contributed by atoms with E-state index in [1.54, 1.807) is 0 Å². The summed E-state index contributed by atoms with van der Waals surface area (Å²) >= 11 is 0. The SMILES string of the molecule is C=CCCCCCCCCCCCCC/C(=C/C(=O)O)C(=O)O. The number of carboxylic acids is 2. The van der Waals surface area contributed by atoms with Crippen LogP contribution in [0.25, 0.3) is 0 Å². The van der Waals surface area contributed by atoms with Gasteiger partial charge in [-0.3, -0.25) is 0 Å². The van der Waals surface area contributed by atoms with Gasteiger partial charge in [0, 0.05) is 11.6 Å². The highest BCUT2D eigenvalue weighted by atomic mass is 16.4. The van der Waals surface area contributed by atoms with Crippen LogP contribution in [0.3, 0.4) is 0 Å². The molecule has 0 aromatic carbocycles. The lowest BCUT2D eigenvalue weighted by molar-refractivity contribution is -0.135. The molecule has 4 nitrogen and oxygen atoms in total. The third-order valence-electron chi connectivity index (χ3n) is 3.93. The summed E-state index contributed by atoms with van der Waals surface area (Å²) in [6, 6.07) is 0. The summed E-state index contributed by atoms with van der Waals surface area (Å²) in [7, 11) is 0. The summed E-state index contributed by atoms with van der Waals surface area (Å²) in [5.74, 6) is -2.31. The van der Waals surface area contributed by atoms with Crippen molar-refractivity contribution < 1.29 is 19.8 Å². The van der Waals surface area contributed by atoms with Crippen LogP contribution in [0.1, 0.15) is 83.5 Å². The van der Waals surface area contributed by atoms with E-state index in [1.807, 2.05) is 6.08 Å². The van der Waals surface area contributed by atoms with Gasteiger partial charge in [-0.1, -0.05) is 63.9 Å². The number of rotatable bonds is 16. The Kier molecular flexibility index (Phi) is 14.3. The second-order valence-corrected chi connectivity index (χ2v) is 6.03. The van der Waals surface area contributed by atoms with Gasteiger partial charge >= 0.3 is 11.9 Å². The molecule has 0 unspecified atom stereocenters. The van der Waals surface area contributed by atoms with Crippen LogP contribution < -0.4 is 0 Å². The van der Waals surface area contributed by atoms with E-state index in [4.69, 9.17) is 10.2 Å². The van der Waals surface area contributed by atoms with Gasteiger partial charge in [0.25, 0.3) is 0 Å². The number of allylic oxidation sites excluding steroid dienone is 1. The molecule has 0 amide bonds. The van der Waals surface area contributed by atoms with Crippen molar-refractivity contribution in [2.45, 2.75) is 83.5 Å². The van der Waals surface area contributed by atoms with Crippen molar-refractivity contribution in [1.82, 2.24) is 0 Å². The molecular formula is C19H32O4. The van der Waals surface area contributed by atoms with Crippen LogP contribution in [-0.4, -0.2) is 22.2 Å². The molecule has 4 heteroatoms. The van der Waals surface area contributed by atoms with E-state index in [9.17, 15) is 9.59 Å². The summed E-state index contributed by atoms with van der Waals surface area (Å²) in [4.78, 5) is 21.4. The van der Waals surface area contributed by atoms with Gasteiger partial charge in [0.2, 0.25) is 0 Å². The fraction of sp³-hybridized carbons (Fsp3) is 0.684. The van der Waals surface area contributed by atoms with Crippen molar-refractivity contribution in [1.29, 1.82) is 0 Å². The summed E-state index contributed by atoms with van der Waals surface area (Å²) in [6.07, 6.45) is 17.3. The van der Waals surface area contributed by atoms with Crippen LogP contribution in [0.4, 0.5) is 0 Å². The van der Waals surface area contributed by atoms with E-state index in [1.165, 1.54) is 51.4 Å². The van der Waals surface area contributed by atoms with Crippen molar-refractivity contribution in [3.05, 3.63) is 24.3 Å². The molecule has 0 spiro atoms. The monoisotopic (exact) mass is 324 g/mol. The molecule has 23 heavy (non-hydrogen) atoms. The molecule has 0 heterocycles. The minimum absolute atomic E-state index is 0.00560. The van der Waals surface area contributed by atoms with Crippen molar-refractivity contribution in [3.63, 3.8) is 0 Å². The van der Waals surface area contributed by atoms with E-state index >= 15 is 0 Å². The van der Waals surface area contributed by atoms with E-state index in [0.717, 1.165) is 31.8 Å². The first kappa shape index (κ1) is 21.4. The normalized spacial score (nSPS) is 11.4. The Bertz CT molecular complexity index is 372. The molecule has 0 fully saturated rings. The van der Waals surface area contributed by atoms with Gasteiger partial charge in [-0.25, -0.2) is 9.59 Å². The maximum Gasteiger partial charge on any atom is 0.331 e. The maximum atomic E-state index is 10.8. The van der Waals surface area contributed by atoms with Crippen LogP contribution in [0, 0.1) is 0 Å². The highest BCUT2D eigenvalue weighted by Gasteiger charge is 2.08. The minimum Gasteiger partial charge on any atom is -0.478 e. The van der Waals surface area contributed by atoms with Gasteiger partial charge in [0.05, 0.1) is 0 Å². The van der Waals surface area contributed by atoms with Crippen molar-refractivity contribution >= 4 is 11.9 Å². The first-order chi connectivity index (χ1) is 11.1. The van der Waals surface area contributed by atoms with Crippen LogP contribution in [0.2, 0.25) is 0 Å². The molecule has 0 aliphatic heterocycles. The van der Waals surface area contributed by atoms with Crippen LogP contribution >= 0.6 is 0 Å². The average Bonchev–Trinajstić information content (AvgIpc) is 2.50. The fourth-order valence-corrected chi connectivity index (χ4v) is 2.59. The molecule has 0 aromatic heterocycles. The van der Waals surface area contributed by atoms with E-state index < -0.39 is 11.9 Å². The van der Waals surface area contributed by atoms with Crippen molar-refractivity contribution in [3.8, 4) is 0 Å². The lowest BCUT2D eigenvalue weighted by Crippen LogP contribution is -2.04. The fourth-order valence-electron chi connectivity index (χ4n) is 2.59. The predicted molar refractivity (Wildman–Crippen MR) is 93.6 cm³/mol. The van der Waals surface area contributed by atoms with Crippen LogP contribution in [0.15, 0.2) is 24.3 Å². The molecule has 0 saturated carbocycles. The highest BCUT2D eigenvalue weighted by molar-refractivity contribution is 5.94. The second kappa shape index (κ2) is 15.3. The topological polar surface area (TPSA) is 74.6 Å². The average molecular weight is 324 g/mol. The molecule has 0 aliphatic rings. The summed E-state index contributed by atoms with van der Waals surface area (Å²) < 4.78 is 0. The Hall–Kier alpha value is -1.58. The zero-order chi connectivity index (χ0) is 17.3. The number of aliphatic carboxylic acids is 2. The molecular weight excluding hydrogens is 292 g/mol. The van der Waals surface area contributed by atoms with Gasteiger partial charge in [-0.2, -0.15) is 0 Å². The Balaban J connectivity index is 3.41. The first-order valence-electron chi connectivity index (χ1n) is 8.85. The molecule has 2 N–H and O–H groups in total. The smallest absolute Gasteiger partial charge is 0.331 e. The number of hydrogen-bond acceptors (Lipinski definition) is 2. The predicted octanol–water partition coefficient (Wildman–Crippen LogP) is 5.34. The Morgan fingerprint density at radius 2 is 1.17 bits per heavy atom. The Morgan fingerprint density at radius 3 is 1.57 bits per heavy atom. The van der Waals surface area contributed by atoms with Gasteiger partial charge in [-0.05, 0) is 25.7 Å². The quantitative estimate of drug-likeness (QED) is 0.228. The lowest BCUT2D eigenvalue weighted by atomic mass is 10.0. The maximum absolute atomic E-state index is 10.8. The molecule has 0 radical (unpaired) electrons. The van der Waals surface area contributed by atoms with Gasteiger partial charge in [0.15, 0.2) is 0 Å². The summed E-state index contributed by atoms with van der Waals surface area (Å²) in [5, 5.41) is 17.5. The summed E-state index contributed by atoms with van der Waals surface area (Å²) in [5.41, 5.74) is -0.00560. The van der Waals surface area contributed by atoms with E-state index in [-0.39, 0.29) is 5.57 Å². The van der Waals surface area contributed by atoms with Crippen LogP contribution in [-0.2, 0) is 9.59 Å². The van der Waals surface area contributed by atoms with Gasteiger partial charge < -0.3 is 10.2 Å². The third-order valence-corrected chi connectivity index (χ3v) is 3.93. The Labute approximate surface area is 140 Å². The van der Waals surface area contributed by atoms with Gasteiger partial charge in [0.1, 0.15) is 0 Å². The highest BCUT2D eigenvalue weighted by Crippen LogP contribution is 2.14. The molecule has 0 aromatic rings. The number of unbranched alkanes of at least 4 members (excludes halogenated alkanes) is 11. The molecule has 0 atom stereocenters. The molecule has 0 bridgehead atoms. The van der Waals surface area contributed by atoms with Crippen molar-refractivity contribution in [2.75, 3.05) is 0 Å². The summed E-state index contributed by atoms with van der Waals surface area (Å²) in [6.45, 7) is 3.72. The number of carbonyl (C=O) groups is 2. The first-order valence-corrected chi connectivity index (χ1v) is 8.85. The second-order valence-electron chi connectivity index (χ2n) is 6.03. The zero-order valence-electron chi connectivity index (χ0n) is 14.3. The molecule has 0 rings (SSSR count). The largest absolute Gasteiger partial charge is 0.478 e. The molecule has 0 aliphatic carbocycles. The van der Waals surface area contributed by atoms with E-state index in [0.29, 0.717) is 6.42 Å². The van der Waals surface area contributed by atoms with E-state index in [2.05, 4.69) is 6.58 Å². The molecule has 0 saturated heterocycles. The lowest BCUT2D eigenvalue weighted by Gasteiger charge is -2.03. The number of hydrogen-bond donors (Lipinski definition) is 2.